The van der Waals surface area contributed by atoms with E-state index in [2.05, 4.69) is 16.0 Å². The van der Waals surface area contributed by atoms with Crippen LogP contribution in [0.2, 0.25) is 0 Å². The Morgan fingerprint density at radius 2 is 2.11 bits per heavy atom. The lowest BCUT2D eigenvalue weighted by atomic mass is 9.90. The maximum absolute atomic E-state index is 5.83. The largest absolute Gasteiger partial charge is 0.493 e. The molecule has 1 aromatic heterocycles. The molecule has 1 aliphatic rings. The third-order valence-electron chi connectivity index (χ3n) is 3.35. The normalized spacial score (nSPS) is 17.9. The minimum atomic E-state index is 0.387. The van der Waals surface area contributed by atoms with Crippen molar-refractivity contribution in [1.82, 2.24) is 9.97 Å². The summed E-state index contributed by atoms with van der Waals surface area (Å²) in [5.41, 5.74) is 9.05. The van der Waals surface area contributed by atoms with E-state index in [1.807, 2.05) is 12.1 Å². The summed E-state index contributed by atoms with van der Waals surface area (Å²) in [6.45, 7) is 1.38. The van der Waals surface area contributed by atoms with E-state index in [9.17, 15) is 0 Å². The number of hydrogen-bond acceptors (Lipinski definition) is 4. The molecule has 0 amide bonds. The fourth-order valence-electron chi connectivity index (χ4n) is 2.41. The molecule has 0 spiro atoms. The fourth-order valence-corrected chi connectivity index (χ4v) is 2.41. The molecule has 18 heavy (non-hydrogen) atoms. The predicted molar refractivity (Wildman–Crippen MR) is 69.4 cm³/mol. The van der Waals surface area contributed by atoms with Crippen molar-refractivity contribution < 1.29 is 4.74 Å². The summed E-state index contributed by atoms with van der Waals surface area (Å²) in [5, 5.41) is 0. The second kappa shape index (κ2) is 4.74. The molecule has 0 radical (unpaired) electrons. The fraction of sp³-hybridized carbons (Fsp3) is 0.286. The van der Waals surface area contributed by atoms with E-state index in [0.29, 0.717) is 12.5 Å². The molecule has 0 saturated carbocycles. The number of nitrogens with two attached hydrogens (primary N) is 1. The first-order chi connectivity index (χ1) is 8.90. The van der Waals surface area contributed by atoms with E-state index in [0.717, 1.165) is 29.9 Å². The Morgan fingerprint density at radius 3 is 2.89 bits per heavy atom. The summed E-state index contributed by atoms with van der Waals surface area (Å²) in [6, 6.07) is 6.17. The van der Waals surface area contributed by atoms with Gasteiger partial charge in [0.1, 0.15) is 12.1 Å². The van der Waals surface area contributed by atoms with Crippen molar-refractivity contribution in [2.75, 3.05) is 13.2 Å². The minimum Gasteiger partial charge on any atom is -0.493 e. The Balaban J connectivity index is 2.12. The van der Waals surface area contributed by atoms with Crippen LogP contribution in [0.1, 0.15) is 17.9 Å². The van der Waals surface area contributed by atoms with Gasteiger partial charge in [-0.1, -0.05) is 18.2 Å². The number of benzene rings is 1. The van der Waals surface area contributed by atoms with Crippen molar-refractivity contribution >= 4 is 0 Å². The topological polar surface area (TPSA) is 61.0 Å². The maximum atomic E-state index is 5.83. The predicted octanol–water partition coefficient (Wildman–Crippen LogP) is 1.97. The maximum Gasteiger partial charge on any atom is 0.130 e. The van der Waals surface area contributed by atoms with Gasteiger partial charge in [0, 0.05) is 29.4 Å². The molecule has 2 heterocycles. The van der Waals surface area contributed by atoms with Gasteiger partial charge in [0.25, 0.3) is 0 Å². The molecule has 1 atom stereocenters. The van der Waals surface area contributed by atoms with Crippen LogP contribution in [0.15, 0.2) is 36.9 Å². The smallest absolute Gasteiger partial charge is 0.130 e. The molecule has 1 unspecified atom stereocenters. The molecule has 1 aliphatic heterocycles. The number of hydrogen-bond donors (Lipinski definition) is 1. The molecule has 4 heteroatoms. The van der Waals surface area contributed by atoms with Crippen LogP contribution < -0.4 is 10.5 Å². The zero-order valence-corrected chi connectivity index (χ0v) is 10.0. The molecule has 2 aromatic rings. The average Bonchev–Trinajstić information content (AvgIpc) is 2.47. The van der Waals surface area contributed by atoms with Gasteiger partial charge in [0.05, 0.1) is 6.61 Å². The monoisotopic (exact) mass is 241 g/mol. The Bertz CT molecular complexity index is 542. The zero-order valence-electron chi connectivity index (χ0n) is 10.0. The quantitative estimate of drug-likeness (QED) is 0.873. The molecule has 0 aliphatic carbocycles. The molecule has 92 valence electrons. The Morgan fingerprint density at radius 1 is 1.28 bits per heavy atom. The Kier molecular flexibility index (Phi) is 2.94. The molecular formula is C14H15N3O. The van der Waals surface area contributed by atoms with Gasteiger partial charge in [0.2, 0.25) is 0 Å². The second-order valence-electron chi connectivity index (χ2n) is 4.42. The highest BCUT2D eigenvalue weighted by atomic mass is 16.5. The second-order valence-corrected chi connectivity index (χ2v) is 4.42. The van der Waals surface area contributed by atoms with E-state index in [-0.39, 0.29) is 0 Å². The number of aromatic nitrogens is 2. The van der Waals surface area contributed by atoms with Gasteiger partial charge >= 0.3 is 0 Å². The standard InChI is InChI=1S/C14H15N3O/c15-6-10-4-5-18-14-12(10)2-1-3-13(14)11-7-16-9-17-8-11/h1-3,7-10H,4-6,15H2. The van der Waals surface area contributed by atoms with Crippen molar-refractivity contribution in [3.05, 3.63) is 42.5 Å². The first-order valence-corrected chi connectivity index (χ1v) is 6.11. The Hall–Kier alpha value is -1.94. The van der Waals surface area contributed by atoms with Crippen LogP contribution in [0.3, 0.4) is 0 Å². The summed E-state index contributed by atoms with van der Waals surface area (Å²) in [5.74, 6) is 1.33. The average molecular weight is 241 g/mol. The van der Waals surface area contributed by atoms with Crippen molar-refractivity contribution in [3.63, 3.8) is 0 Å². The van der Waals surface area contributed by atoms with Crippen LogP contribution in [0, 0.1) is 0 Å². The number of nitrogens with zero attached hydrogens (tertiary/aromatic N) is 2. The number of ether oxygens (including phenoxy) is 1. The summed E-state index contributed by atoms with van der Waals surface area (Å²) >= 11 is 0. The van der Waals surface area contributed by atoms with E-state index >= 15 is 0 Å². The summed E-state index contributed by atoms with van der Waals surface area (Å²) in [6.07, 6.45) is 6.12. The highest BCUT2D eigenvalue weighted by Gasteiger charge is 2.23. The van der Waals surface area contributed by atoms with Crippen molar-refractivity contribution in [3.8, 4) is 16.9 Å². The third-order valence-corrected chi connectivity index (χ3v) is 3.35. The molecule has 2 N–H and O–H groups in total. The van der Waals surface area contributed by atoms with Gasteiger partial charge in [-0.05, 0) is 18.5 Å². The van der Waals surface area contributed by atoms with Crippen LogP contribution in [-0.4, -0.2) is 23.1 Å². The minimum absolute atomic E-state index is 0.387. The van der Waals surface area contributed by atoms with Crippen LogP contribution in [0.4, 0.5) is 0 Å². The van der Waals surface area contributed by atoms with E-state index < -0.39 is 0 Å². The van der Waals surface area contributed by atoms with E-state index in [1.165, 1.54) is 11.9 Å². The number of para-hydroxylation sites is 1. The molecule has 1 aromatic carbocycles. The highest BCUT2D eigenvalue weighted by molar-refractivity contribution is 5.71. The lowest BCUT2D eigenvalue weighted by Crippen LogP contribution is -2.21. The van der Waals surface area contributed by atoms with Gasteiger partial charge in [-0.3, -0.25) is 0 Å². The van der Waals surface area contributed by atoms with Crippen LogP contribution in [-0.2, 0) is 0 Å². The summed E-state index contributed by atoms with van der Waals surface area (Å²) in [4.78, 5) is 8.12. The molecule has 0 bridgehead atoms. The number of rotatable bonds is 2. The van der Waals surface area contributed by atoms with Crippen LogP contribution >= 0.6 is 0 Å². The summed E-state index contributed by atoms with van der Waals surface area (Å²) < 4.78 is 5.83. The number of fused-ring (bicyclic) bond motifs is 1. The van der Waals surface area contributed by atoms with Crippen molar-refractivity contribution in [2.24, 2.45) is 5.73 Å². The SMILES string of the molecule is NCC1CCOc2c(-c3cncnc3)cccc21. The summed E-state index contributed by atoms with van der Waals surface area (Å²) in [7, 11) is 0. The van der Waals surface area contributed by atoms with Crippen LogP contribution in [0.5, 0.6) is 5.75 Å². The van der Waals surface area contributed by atoms with Gasteiger partial charge in [0.15, 0.2) is 0 Å². The highest BCUT2D eigenvalue weighted by Crippen LogP contribution is 2.40. The van der Waals surface area contributed by atoms with E-state index in [4.69, 9.17) is 10.5 Å². The first-order valence-electron chi connectivity index (χ1n) is 6.11. The zero-order chi connectivity index (χ0) is 12.4. The van der Waals surface area contributed by atoms with E-state index in [1.54, 1.807) is 12.4 Å². The van der Waals surface area contributed by atoms with Gasteiger partial charge in [-0.2, -0.15) is 0 Å². The molecule has 4 nitrogen and oxygen atoms in total. The van der Waals surface area contributed by atoms with Crippen LogP contribution in [0.25, 0.3) is 11.1 Å². The molecular weight excluding hydrogens is 226 g/mol. The van der Waals surface area contributed by atoms with Crippen molar-refractivity contribution in [1.29, 1.82) is 0 Å². The lowest BCUT2D eigenvalue weighted by molar-refractivity contribution is 0.270. The lowest BCUT2D eigenvalue weighted by Gasteiger charge is -2.26. The Labute approximate surface area is 106 Å². The van der Waals surface area contributed by atoms with Crippen molar-refractivity contribution in [2.45, 2.75) is 12.3 Å². The van der Waals surface area contributed by atoms with Gasteiger partial charge < -0.3 is 10.5 Å². The first kappa shape index (κ1) is 11.2. The molecule has 0 fully saturated rings. The van der Waals surface area contributed by atoms with Gasteiger partial charge in [-0.25, -0.2) is 9.97 Å². The third kappa shape index (κ3) is 1.84. The molecule has 3 rings (SSSR count). The molecule has 0 saturated heterocycles. The van der Waals surface area contributed by atoms with Gasteiger partial charge in [-0.15, -0.1) is 0 Å².